The van der Waals surface area contributed by atoms with E-state index in [-0.39, 0.29) is 37.5 Å². The summed E-state index contributed by atoms with van der Waals surface area (Å²) in [4.78, 5) is 35.3. The zero-order valence-electron chi connectivity index (χ0n) is 20.3. The number of rotatable bonds is 21. The molecular weight excluding hydrogens is 396 g/mol. The van der Waals surface area contributed by atoms with Gasteiger partial charge in [-0.1, -0.05) is 85.0 Å². The van der Waals surface area contributed by atoms with Crippen molar-refractivity contribution in [3.8, 4) is 0 Å². The molecule has 0 aromatic heterocycles. The fourth-order valence-electron chi connectivity index (χ4n) is 3.22. The average molecular weight is 443 g/mol. The zero-order chi connectivity index (χ0) is 23.2. The van der Waals surface area contributed by atoms with E-state index in [9.17, 15) is 14.4 Å². The smallest absolute Gasteiger partial charge is 0.306 e. The van der Waals surface area contributed by atoms with Gasteiger partial charge < -0.3 is 14.2 Å². The number of hydrogen-bond acceptors (Lipinski definition) is 6. The molecule has 0 unspecified atom stereocenters. The molecule has 0 aliphatic carbocycles. The molecule has 0 radical (unpaired) electrons. The molecule has 0 aliphatic rings. The van der Waals surface area contributed by atoms with Gasteiger partial charge in [0.05, 0.1) is 0 Å². The third-order valence-electron chi connectivity index (χ3n) is 5.05. The Kier molecular flexibility index (Phi) is 20.5. The topological polar surface area (TPSA) is 78.9 Å². The minimum Gasteiger partial charge on any atom is -0.462 e. The highest BCUT2D eigenvalue weighted by atomic mass is 16.6. The first-order valence-corrected chi connectivity index (χ1v) is 12.5. The highest BCUT2D eigenvalue weighted by Gasteiger charge is 2.19. The lowest BCUT2D eigenvalue weighted by Gasteiger charge is -2.18. The largest absolute Gasteiger partial charge is 0.462 e. The van der Waals surface area contributed by atoms with Crippen LogP contribution in [-0.2, 0) is 28.6 Å². The van der Waals surface area contributed by atoms with Crippen molar-refractivity contribution < 1.29 is 28.6 Å². The van der Waals surface area contributed by atoms with Crippen LogP contribution in [0.5, 0.6) is 0 Å². The van der Waals surface area contributed by atoms with E-state index in [2.05, 4.69) is 6.92 Å². The van der Waals surface area contributed by atoms with Crippen molar-refractivity contribution in [3.05, 3.63) is 0 Å². The Balaban J connectivity index is 3.91. The number of carbonyl (C=O) groups excluding carboxylic acids is 3. The van der Waals surface area contributed by atoms with E-state index in [0.717, 1.165) is 19.3 Å². The van der Waals surface area contributed by atoms with Crippen LogP contribution in [-0.4, -0.2) is 37.2 Å². The van der Waals surface area contributed by atoms with Crippen molar-refractivity contribution in [1.82, 2.24) is 0 Å². The molecule has 31 heavy (non-hydrogen) atoms. The van der Waals surface area contributed by atoms with Gasteiger partial charge in [0.15, 0.2) is 6.10 Å². The second-order valence-electron chi connectivity index (χ2n) is 8.26. The summed E-state index contributed by atoms with van der Waals surface area (Å²) < 4.78 is 15.7. The zero-order valence-corrected chi connectivity index (χ0v) is 20.3. The molecule has 0 aromatic carbocycles. The van der Waals surface area contributed by atoms with Gasteiger partial charge in [-0.15, -0.1) is 0 Å². The Morgan fingerprint density at radius 1 is 0.516 bits per heavy atom. The number of esters is 3. The molecule has 0 fully saturated rings. The fourth-order valence-corrected chi connectivity index (χ4v) is 3.22. The summed E-state index contributed by atoms with van der Waals surface area (Å²) >= 11 is 0. The third kappa shape index (κ3) is 20.1. The Morgan fingerprint density at radius 2 is 0.935 bits per heavy atom. The van der Waals surface area contributed by atoms with Gasteiger partial charge in [-0.3, -0.25) is 14.4 Å². The van der Waals surface area contributed by atoms with Crippen LogP contribution in [0.3, 0.4) is 0 Å². The van der Waals surface area contributed by atoms with Gasteiger partial charge in [0.2, 0.25) is 0 Å². The summed E-state index contributed by atoms with van der Waals surface area (Å²) in [5, 5.41) is 0. The minimum absolute atomic E-state index is 0.0777. The first-order chi connectivity index (χ1) is 15.0. The lowest BCUT2D eigenvalue weighted by Crippen LogP contribution is -2.30. The maximum absolute atomic E-state index is 12.0. The predicted octanol–water partition coefficient (Wildman–Crippen LogP) is 6.29. The highest BCUT2D eigenvalue weighted by Crippen LogP contribution is 2.12. The van der Waals surface area contributed by atoms with Gasteiger partial charge in [0.1, 0.15) is 13.2 Å². The molecule has 182 valence electrons. The molecule has 0 aliphatic heterocycles. The molecule has 6 heteroatoms. The predicted molar refractivity (Wildman–Crippen MR) is 123 cm³/mol. The van der Waals surface area contributed by atoms with E-state index in [4.69, 9.17) is 14.2 Å². The Labute approximate surface area is 189 Å². The molecule has 6 nitrogen and oxygen atoms in total. The first kappa shape index (κ1) is 29.4. The van der Waals surface area contributed by atoms with Crippen LogP contribution in [0, 0.1) is 0 Å². The molecule has 0 bridgehead atoms. The van der Waals surface area contributed by atoms with E-state index in [1.54, 1.807) is 0 Å². The van der Waals surface area contributed by atoms with Gasteiger partial charge in [-0.2, -0.15) is 0 Å². The van der Waals surface area contributed by atoms with Crippen molar-refractivity contribution in [2.45, 2.75) is 130 Å². The van der Waals surface area contributed by atoms with Crippen molar-refractivity contribution in [2.24, 2.45) is 0 Å². The van der Waals surface area contributed by atoms with E-state index in [1.807, 2.05) is 13.8 Å². The standard InChI is InChI=1S/C25H46O6/c1-4-7-8-9-10-11-12-13-14-15-16-19-24(27)30-21-22(31-25(28)18-6-3)20-29-23(26)17-5-2/h22H,4-21H2,1-3H3/t22-/m1/s1. The summed E-state index contributed by atoms with van der Waals surface area (Å²) in [6.45, 7) is 5.84. The van der Waals surface area contributed by atoms with Gasteiger partial charge in [-0.05, 0) is 19.3 Å². The number of ether oxygens (including phenoxy) is 3. The second-order valence-corrected chi connectivity index (χ2v) is 8.26. The average Bonchev–Trinajstić information content (AvgIpc) is 2.74. The summed E-state index contributed by atoms with van der Waals surface area (Å²) in [6.07, 6.45) is 15.0. The molecule has 0 spiro atoms. The molecule has 1 atom stereocenters. The lowest BCUT2D eigenvalue weighted by molar-refractivity contribution is -0.166. The number of unbranched alkanes of at least 4 members (excludes halogenated alkanes) is 10. The van der Waals surface area contributed by atoms with E-state index in [0.29, 0.717) is 25.7 Å². The quantitative estimate of drug-likeness (QED) is 0.118. The van der Waals surface area contributed by atoms with E-state index in [1.165, 1.54) is 51.4 Å². The monoisotopic (exact) mass is 442 g/mol. The molecule has 0 N–H and O–H groups in total. The molecule has 0 saturated heterocycles. The van der Waals surface area contributed by atoms with Gasteiger partial charge in [0.25, 0.3) is 0 Å². The van der Waals surface area contributed by atoms with Crippen LogP contribution in [0.1, 0.15) is 124 Å². The fraction of sp³-hybridized carbons (Fsp3) is 0.880. The molecule has 0 amide bonds. The summed E-state index contributed by atoms with van der Waals surface area (Å²) in [5.41, 5.74) is 0. The minimum atomic E-state index is -0.749. The SMILES string of the molecule is CCCCCCCCCCCCCC(=O)OC[C@@H](COC(=O)CCC)OC(=O)CCC. The molecule has 0 rings (SSSR count). The van der Waals surface area contributed by atoms with Crippen LogP contribution in [0.25, 0.3) is 0 Å². The van der Waals surface area contributed by atoms with Gasteiger partial charge in [-0.25, -0.2) is 0 Å². The third-order valence-corrected chi connectivity index (χ3v) is 5.05. The highest BCUT2D eigenvalue weighted by molar-refractivity contribution is 5.71. The van der Waals surface area contributed by atoms with Crippen LogP contribution < -0.4 is 0 Å². The first-order valence-electron chi connectivity index (χ1n) is 12.5. The normalized spacial score (nSPS) is 11.7. The van der Waals surface area contributed by atoms with Crippen LogP contribution in [0.4, 0.5) is 0 Å². The second kappa shape index (κ2) is 21.6. The summed E-state index contributed by atoms with van der Waals surface area (Å²) in [5.74, 6) is -1.01. The maximum Gasteiger partial charge on any atom is 0.306 e. The van der Waals surface area contributed by atoms with Crippen LogP contribution in [0.15, 0.2) is 0 Å². The Hall–Kier alpha value is -1.59. The van der Waals surface area contributed by atoms with Crippen molar-refractivity contribution in [2.75, 3.05) is 13.2 Å². The lowest BCUT2D eigenvalue weighted by atomic mass is 10.1. The number of hydrogen-bond donors (Lipinski definition) is 0. The van der Waals surface area contributed by atoms with E-state index < -0.39 is 6.10 Å². The van der Waals surface area contributed by atoms with Gasteiger partial charge >= 0.3 is 17.9 Å². The van der Waals surface area contributed by atoms with Gasteiger partial charge in [0, 0.05) is 19.3 Å². The van der Waals surface area contributed by atoms with Crippen LogP contribution >= 0.6 is 0 Å². The summed E-state index contributed by atoms with van der Waals surface area (Å²) in [6, 6.07) is 0. The molecule has 0 saturated carbocycles. The Morgan fingerprint density at radius 3 is 1.42 bits per heavy atom. The Bertz CT molecular complexity index is 463. The molecule has 0 aromatic rings. The van der Waals surface area contributed by atoms with Crippen LogP contribution in [0.2, 0.25) is 0 Å². The van der Waals surface area contributed by atoms with Crippen molar-refractivity contribution >= 4 is 17.9 Å². The van der Waals surface area contributed by atoms with Crippen molar-refractivity contribution in [3.63, 3.8) is 0 Å². The maximum atomic E-state index is 12.0. The number of carbonyl (C=O) groups is 3. The van der Waals surface area contributed by atoms with E-state index >= 15 is 0 Å². The molecular formula is C25H46O6. The summed E-state index contributed by atoms with van der Waals surface area (Å²) in [7, 11) is 0. The van der Waals surface area contributed by atoms with Crippen molar-refractivity contribution in [1.29, 1.82) is 0 Å². The molecule has 0 heterocycles.